The van der Waals surface area contributed by atoms with Crippen molar-refractivity contribution in [3.8, 4) is 0 Å². The van der Waals surface area contributed by atoms with E-state index in [4.69, 9.17) is 5.73 Å². The van der Waals surface area contributed by atoms with Gasteiger partial charge in [-0.25, -0.2) is 4.39 Å². The molecule has 1 heterocycles. The molecule has 0 amide bonds. The number of benzene rings is 2. The molecule has 0 atom stereocenters. The van der Waals surface area contributed by atoms with Gasteiger partial charge in [-0.1, -0.05) is 18.2 Å². The second-order valence-corrected chi connectivity index (χ2v) is 5.43. The number of piperazine rings is 1. The molecule has 1 aliphatic heterocycles. The predicted molar refractivity (Wildman–Crippen MR) is 88.3 cm³/mol. The maximum atomic E-state index is 14.2. The second-order valence-electron chi connectivity index (χ2n) is 5.43. The average molecular weight is 316 g/mol. The van der Waals surface area contributed by atoms with E-state index in [-0.39, 0.29) is 5.69 Å². The first-order valence-corrected chi connectivity index (χ1v) is 7.34. The Morgan fingerprint density at radius 2 is 1.65 bits per heavy atom. The van der Waals surface area contributed by atoms with E-state index in [9.17, 15) is 14.5 Å². The highest BCUT2D eigenvalue weighted by Crippen LogP contribution is 2.31. The van der Waals surface area contributed by atoms with Crippen LogP contribution in [-0.4, -0.2) is 31.1 Å². The van der Waals surface area contributed by atoms with Crippen molar-refractivity contribution < 1.29 is 9.31 Å². The van der Waals surface area contributed by atoms with E-state index >= 15 is 0 Å². The summed E-state index contributed by atoms with van der Waals surface area (Å²) in [5.41, 5.74) is 6.71. The molecule has 0 spiro atoms. The van der Waals surface area contributed by atoms with Crippen molar-refractivity contribution in [2.75, 3.05) is 41.7 Å². The van der Waals surface area contributed by atoms with Gasteiger partial charge in [0.25, 0.3) is 5.69 Å². The molecule has 6 nitrogen and oxygen atoms in total. The van der Waals surface area contributed by atoms with Crippen molar-refractivity contribution in [2.45, 2.75) is 0 Å². The van der Waals surface area contributed by atoms with Crippen molar-refractivity contribution in [3.63, 3.8) is 0 Å². The minimum absolute atomic E-state index is 0.0168. The number of nitro groups is 1. The summed E-state index contributed by atoms with van der Waals surface area (Å²) in [5.74, 6) is -0.612. The van der Waals surface area contributed by atoms with Crippen LogP contribution in [-0.2, 0) is 0 Å². The van der Waals surface area contributed by atoms with Crippen LogP contribution >= 0.6 is 0 Å². The topological polar surface area (TPSA) is 75.6 Å². The number of para-hydroxylation sites is 1. The van der Waals surface area contributed by atoms with E-state index in [0.717, 1.165) is 24.8 Å². The summed E-state index contributed by atoms with van der Waals surface area (Å²) in [4.78, 5) is 14.2. The minimum Gasteiger partial charge on any atom is -0.393 e. The van der Waals surface area contributed by atoms with Crippen molar-refractivity contribution in [2.24, 2.45) is 0 Å². The lowest BCUT2D eigenvalue weighted by Gasteiger charge is -2.37. The molecule has 0 bridgehead atoms. The molecule has 120 valence electrons. The summed E-state index contributed by atoms with van der Waals surface area (Å²) in [7, 11) is 0. The normalized spacial score (nSPS) is 14.8. The Hall–Kier alpha value is -2.83. The van der Waals surface area contributed by atoms with E-state index in [1.54, 1.807) is 0 Å². The molecule has 0 radical (unpaired) electrons. The third-order valence-electron chi connectivity index (χ3n) is 4.03. The summed E-state index contributed by atoms with van der Waals surface area (Å²) in [6, 6.07) is 12.3. The highest BCUT2D eigenvalue weighted by atomic mass is 19.1. The van der Waals surface area contributed by atoms with Gasteiger partial charge in [0.1, 0.15) is 5.69 Å². The van der Waals surface area contributed by atoms with E-state index in [1.165, 1.54) is 6.07 Å². The number of nitrogens with zero attached hydrogens (tertiary/aromatic N) is 3. The number of nitrogens with two attached hydrogens (primary N) is 1. The van der Waals surface area contributed by atoms with Crippen molar-refractivity contribution >= 4 is 22.7 Å². The van der Waals surface area contributed by atoms with Crippen LogP contribution in [0.1, 0.15) is 0 Å². The van der Waals surface area contributed by atoms with Gasteiger partial charge in [0.2, 0.25) is 0 Å². The molecule has 0 aromatic heterocycles. The maximum Gasteiger partial charge on any atom is 0.295 e. The Morgan fingerprint density at radius 3 is 2.26 bits per heavy atom. The smallest absolute Gasteiger partial charge is 0.295 e. The van der Waals surface area contributed by atoms with E-state index in [2.05, 4.69) is 4.90 Å². The highest BCUT2D eigenvalue weighted by molar-refractivity contribution is 5.67. The average Bonchev–Trinajstić information content (AvgIpc) is 2.57. The monoisotopic (exact) mass is 316 g/mol. The fourth-order valence-electron chi connectivity index (χ4n) is 2.81. The molecule has 2 N–H and O–H groups in total. The first-order valence-electron chi connectivity index (χ1n) is 7.34. The summed E-state index contributed by atoms with van der Waals surface area (Å²) >= 11 is 0. The number of anilines is 3. The molecule has 7 heteroatoms. The molecular formula is C16H17FN4O2. The highest BCUT2D eigenvalue weighted by Gasteiger charge is 2.23. The van der Waals surface area contributed by atoms with E-state index < -0.39 is 16.4 Å². The number of nitrogen functional groups attached to an aromatic ring is 1. The van der Waals surface area contributed by atoms with Crippen LogP contribution in [0.15, 0.2) is 42.5 Å². The largest absolute Gasteiger partial charge is 0.393 e. The van der Waals surface area contributed by atoms with Crippen LogP contribution in [0.4, 0.5) is 27.1 Å². The van der Waals surface area contributed by atoms with Crippen LogP contribution in [0.2, 0.25) is 0 Å². The number of hydrogen-bond acceptors (Lipinski definition) is 5. The van der Waals surface area contributed by atoms with Crippen LogP contribution < -0.4 is 15.5 Å². The molecular weight excluding hydrogens is 299 g/mol. The predicted octanol–water partition coefficient (Wildman–Crippen LogP) is 2.64. The van der Waals surface area contributed by atoms with Gasteiger partial charge in [-0.05, 0) is 18.2 Å². The lowest BCUT2D eigenvalue weighted by Crippen LogP contribution is -2.46. The van der Waals surface area contributed by atoms with E-state index in [0.29, 0.717) is 18.8 Å². The zero-order valence-corrected chi connectivity index (χ0v) is 12.5. The lowest BCUT2D eigenvalue weighted by molar-refractivity contribution is -0.384. The molecule has 2 aromatic carbocycles. The standard InChI is InChI=1S/C16H17FN4O2/c17-13-10-16(21(22)23)14(18)11-15(13)20-8-6-19(7-9-20)12-4-2-1-3-5-12/h1-5,10-11H,6-9,18H2. The van der Waals surface area contributed by atoms with Crippen molar-refractivity contribution in [1.29, 1.82) is 0 Å². The molecule has 0 aliphatic carbocycles. The Morgan fingerprint density at radius 1 is 1.04 bits per heavy atom. The molecule has 23 heavy (non-hydrogen) atoms. The van der Waals surface area contributed by atoms with Gasteiger partial charge in [-0.2, -0.15) is 0 Å². The summed E-state index contributed by atoms with van der Waals surface area (Å²) in [6.07, 6.45) is 0. The quantitative estimate of drug-likeness (QED) is 0.535. The van der Waals surface area contributed by atoms with Gasteiger partial charge in [-0.15, -0.1) is 0 Å². The first-order chi connectivity index (χ1) is 11.1. The van der Waals surface area contributed by atoms with Crippen molar-refractivity contribution in [1.82, 2.24) is 0 Å². The molecule has 2 aromatic rings. The summed E-state index contributed by atoms with van der Waals surface area (Å²) in [5, 5.41) is 10.8. The molecule has 0 saturated carbocycles. The Balaban J connectivity index is 1.75. The zero-order valence-electron chi connectivity index (χ0n) is 12.5. The van der Waals surface area contributed by atoms with Gasteiger partial charge in [0, 0.05) is 31.9 Å². The molecule has 1 aliphatic rings. The van der Waals surface area contributed by atoms with Gasteiger partial charge in [0.15, 0.2) is 5.82 Å². The van der Waals surface area contributed by atoms with Crippen LogP contribution in [0.3, 0.4) is 0 Å². The third kappa shape index (κ3) is 3.03. The summed E-state index contributed by atoms with van der Waals surface area (Å²) in [6.45, 7) is 2.76. The zero-order chi connectivity index (χ0) is 16.4. The first kappa shape index (κ1) is 15.1. The molecule has 3 rings (SSSR count). The fourth-order valence-corrected chi connectivity index (χ4v) is 2.81. The van der Waals surface area contributed by atoms with Gasteiger partial charge >= 0.3 is 0 Å². The van der Waals surface area contributed by atoms with Gasteiger partial charge in [-0.3, -0.25) is 10.1 Å². The lowest BCUT2D eigenvalue weighted by atomic mass is 10.2. The summed E-state index contributed by atoms with van der Waals surface area (Å²) < 4.78 is 14.2. The molecule has 1 fully saturated rings. The third-order valence-corrected chi connectivity index (χ3v) is 4.03. The SMILES string of the molecule is Nc1cc(N2CCN(c3ccccc3)CC2)c(F)cc1[N+](=O)[O-]. The maximum absolute atomic E-state index is 14.2. The Bertz CT molecular complexity index is 716. The fraction of sp³-hybridized carbons (Fsp3) is 0.250. The number of rotatable bonds is 3. The number of halogens is 1. The van der Waals surface area contributed by atoms with Gasteiger partial charge in [0.05, 0.1) is 16.7 Å². The molecule has 0 unspecified atom stereocenters. The van der Waals surface area contributed by atoms with Crippen LogP contribution in [0.25, 0.3) is 0 Å². The number of hydrogen-bond donors (Lipinski definition) is 1. The Labute approximate surface area is 133 Å². The van der Waals surface area contributed by atoms with Crippen LogP contribution in [0, 0.1) is 15.9 Å². The van der Waals surface area contributed by atoms with Gasteiger partial charge < -0.3 is 15.5 Å². The Kier molecular flexibility index (Phi) is 4.01. The van der Waals surface area contributed by atoms with Crippen LogP contribution in [0.5, 0.6) is 0 Å². The molecule has 1 saturated heterocycles. The number of nitro benzene ring substituents is 1. The van der Waals surface area contributed by atoms with Crippen molar-refractivity contribution in [3.05, 3.63) is 58.4 Å². The minimum atomic E-state index is -0.671. The second kappa shape index (κ2) is 6.12. The van der Waals surface area contributed by atoms with E-state index in [1.807, 2.05) is 35.2 Å².